The average Bonchev–Trinajstić information content (AvgIpc) is 2.59. The van der Waals surface area contributed by atoms with E-state index in [4.69, 9.17) is 0 Å². The van der Waals surface area contributed by atoms with Crippen molar-refractivity contribution in [3.63, 3.8) is 0 Å². The first kappa shape index (κ1) is 18.5. The van der Waals surface area contributed by atoms with Crippen molar-refractivity contribution >= 4 is 5.97 Å². The van der Waals surface area contributed by atoms with Crippen molar-refractivity contribution in [2.24, 2.45) is 0 Å². The molecule has 5 nitrogen and oxygen atoms in total. The Balaban J connectivity index is 1.98. The van der Waals surface area contributed by atoms with Crippen LogP contribution < -0.4 is 5.32 Å². The third-order valence-corrected chi connectivity index (χ3v) is 3.62. The molecule has 2 atom stereocenters. The molecule has 0 radical (unpaired) electrons. The van der Waals surface area contributed by atoms with Crippen LogP contribution in [0.25, 0.3) is 0 Å². The zero-order valence-electron chi connectivity index (χ0n) is 13.9. The van der Waals surface area contributed by atoms with Crippen molar-refractivity contribution in [2.45, 2.75) is 25.0 Å². The monoisotopic (exact) mass is 339 g/mol. The number of carbonyl (C=O) groups is 1. The van der Waals surface area contributed by atoms with Crippen LogP contribution in [0, 0.1) is 11.8 Å². The summed E-state index contributed by atoms with van der Waals surface area (Å²) in [6, 6.07) is 14.7. The molecule has 0 saturated carbocycles. The first-order chi connectivity index (χ1) is 11.9. The lowest BCUT2D eigenvalue weighted by atomic mass is 10.0. The average molecular weight is 339 g/mol. The summed E-state index contributed by atoms with van der Waals surface area (Å²) in [5.74, 6) is 4.75. The fraction of sp³-hybridized carbons (Fsp3) is 0.250. The zero-order valence-corrected chi connectivity index (χ0v) is 13.9. The summed E-state index contributed by atoms with van der Waals surface area (Å²) in [5.41, 5.74) is 0.188. The Morgan fingerprint density at radius 3 is 2.40 bits per heavy atom. The van der Waals surface area contributed by atoms with E-state index in [9.17, 15) is 20.1 Å². The van der Waals surface area contributed by atoms with E-state index in [0.717, 1.165) is 11.1 Å². The molecule has 0 aliphatic heterocycles. The number of aliphatic hydroxyl groups is 1. The fourth-order valence-electron chi connectivity index (χ4n) is 2.21. The van der Waals surface area contributed by atoms with Crippen molar-refractivity contribution in [3.05, 3.63) is 65.7 Å². The molecule has 25 heavy (non-hydrogen) atoms. The van der Waals surface area contributed by atoms with Crippen LogP contribution in [0.2, 0.25) is 0 Å². The fourth-order valence-corrected chi connectivity index (χ4v) is 2.21. The van der Waals surface area contributed by atoms with Gasteiger partial charge in [-0.25, -0.2) is 0 Å². The number of hydrogen-bond acceptors (Lipinski definition) is 4. The number of nitrogens with one attached hydrogen (secondary N) is 1. The molecule has 0 bridgehead atoms. The lowest BCUT2D eigenvalue weighted by molar-refractivity contribution is -0.139. The minimum absolute atomic E-state index is 0.0158. The normalized spacial score (nSPS) is 14.0. The standard InChI is InChI=1S/C20H21NO4/c1-20(25,12-11-15-5-3-2-4-6-15)14-21-18(19(23)24)13-16-7-9-17(22)10-8-16/h2-10,18,21-22,25H,13-14H2,1H3,(H,23,24)/t18-,20-/m1/s1. The molecule has 0 saturated heterocycles. The second-order valence-corrected chi connectivity index (χ2v) is 6.03. The predicted molar refractivity (Wildman–Crippen MR) is 95.2 cm³/mol. The van der Waals surface area contributed by atoms with Gasteiger partial charge in [0.25, 0.3) is 0 Å². The lowest BCUT2D eigenvalue weighted by Gasteiger charge is -2.21. The van der Waals surface area contributed by atoms with Crippen molar-refractivity contribution in [1.82, 2.24) is 5.32 Å². The lowest BCUT2D eigenvalue weighted by Crippen LogP contribution is -2.46. The maximum absolute atomic E-state index is 11.4. The number of aliphatic carboxylic acids is 1. The van der Waals surface area contributed by atoms with E-state index >= 15 is 0 Å². The van der Waals surface area contributed by atoms with E-state index in [0.29, 0.717) is 0 Å². The van der Waals surface area contributed by atoms with Gasteiger partial charge < -0.3 is 20.6 Å². The van der Waals surface area contributed by atoms with E-state index in [2.05, 4.69) is 17.2 Å². The summed E-state index contributed by atoms with van der Waals surface area (Å²) in [4.78, 5) is 11.4. The number of carboxylic acid groups (broad SMARTS) is 1. The van der Waals surface area contributed by atoms with Crippen LogP contribution in [0.1, 0.15) is 18.1 Å². The number of rotatable bonds is 6. The van der Waals surface area contributed by atoms with Gasteiger partial charge in [0.1, 0.15) is 17.4 Å². The van der Waals surface area contributed by atoms with Gasteiger partial charge in [0.05, 0.1) is 0 Å². The van der Waals surface area contributed by atoms with Crippen molar-refractivity contribution < 1.29 is 20.1 Å². The highest BCUT2D eigenvalue weighted by molar-refractivity contribution is 5.74. The topological polar surface area (TPSA) is 89.8 Å². The Labute approximate surface area is 147 Å². The second-order valence-electron chi connectivity index (χ2n) is 6.03. The van der Waals surface area contributed by atoms with Gasteiger partial charge in [-0.3, -0.25) is 4.79 Å². The number of benzene rings is 2. The van der Waals surface area contributed by atoms with Crippen LogP contribution in [0.4, 0.5) is 0 Å². The van der Waals surface area contributed by atoms with Gasteiger partial charge in [0.2, 0.25) is 0 Å². The third kappa shape index (κ3) is 6.30. The van der Waals surface area contributed by atoms with Crippen molar-refractivity contribution in [2.75, 3.05) is 6.54 Å². The smallest absolute Gasteiger partial charge is 0.321 e. The van der Waals surface area contributed by atoms with Gasteiger partial charge in [-0.05, 0) is 43.2 Å². The number of aromatic hydroxyl groups is 1. The first-order valence-corrected chi connectivity index (χ1v) is 7.90. The number of hydrogen-bond donors (Lipinski definition) is 4. The highest BCUT2D eigenvalue weighted by Crippen LogP contribution is 2.12. The van der Waals surface area contributed by atoms with Gasteiger partial charge in [-0.15, -0.1) is 0 Å². The van der Waals surface area contributed by atoms with Crippen molar-refractivity contribution in [1.29, 1.82) is 0 Å². The molecule has 0 heterocycles. The molecular formula is C20H21NO4. The van der Waals surface area contributed by atoms with Crippen molar-refractivity contribution in [3.8, 4) is 17.6 Å². The Morgan fingerprint density at radius 2 is 1.80 bits per heavy atom. The molecule has 0 aliphatic rings. The molecule has 2 rings (SSSR count). The molecule has 130 valence electrons. The molecule has 0 fully saturated rings. The summed E-state index contributed by atoms with van der Waals surface area (Å²) in [6.07, 6.45) is 0.234. The zero-order chi connectivity index (χ0) is 18.3. The summed E-state index contributed by atoms with van der Waals surface area (Å²) < 4.78 is 0. The molecule has 0 aliphatic carbocycles. The Bertz CT molecular complexity index is 758. The molecule has 5 heteroatoms. The Kier molecular flexibility index (Phi) is 6.18. The maximum atomic E-state index is 11.4. The number of phenols is 1. The van der Waals surface area contributed by atoms with Crippen LogP contribution in [0.5, 0.6) is 5.75 Å². The quantitative estimate of drug-likeness (QED) is 0.603. The summed E-state index contributed by atoms with van der Waals surface area (Å²) in [5, 5.41) is 31.8. The number of carboxylic acids is 1. The van der Waals surface area contributed by atoms with Gasteiger partial charge >= 0.3 is 5.97 Å². The highest BCUT2D eigenvalue weighted by atomic mass is 16.4. The van der Waals surface area contributed by atoms with Crippen LogP contribution in [-0.2, 0) is 11.2 Å². The van der Waals surface area contributed by atoms with Gasteiger partial charge in [0.15, 0.2) is 0 Å². The highest BCUT2D eigenvalue weighted by Gasteiger charge is 2.23. The molecule has 2 aromatic rings. The van der Waals surface area contributed by atoms with Gasteiger partial charge in [-0.2, -0.15) is 0 Å². The maximum Gasteiger partial charge on any atom is 0.321 e. The van der Waals surface area contributed by atoms with E-state index in [1.54, 1.807) is 12.1 Å². The Morgan fingerprint density at radius 1 is 1.16 bits per heavy atom. The minimum Gasteiger partial charge on any atom is -0.508 e. The van der Waals surface area contributed by atoms with E-state index in [-0.39, 0.29) is 18.7 Å². The van der Waals surface area contributed by atoms with Crippen LogP contribution in [-0.4, -0.2) is 39.5 Å². The van der Waals surface area contributed by atoms with Crippen LogP contribution >= 0.6 is 0 Å². The van der Waals surface area contributed by atoms with Crippen LogP contribution in [0.15, 0.2) is 54.6 Å². The Hall–Kier alpha value is -2.81. The SMILES string of the molecule is C[C@@](O)(C#Cc1ccccc1)CN[C@H](Cc1ccc(O)cc1)C(=O)O. The number of phenolic OH excluding ortho intramolecular Hbond substituents is 1. The predicted octanol–water partition coefficient (Wildman–Crippen LogP) is 1.78. The van der Waals surface area contributed by atoms with E-state index in [1.165, 1.54) is 19.1 Å². The molecule has 0 amide bonds. The minimum atomic E-state index is -1.36. The molecule has 4 N–H and O–H groups in total. The molecule has 2 aromatic carbocycles. The molecule has 0 spiro atoms. The second kappa shape index (κ2) is 8.34. The van der Waals surface area contributed by atoms with E-state index < -0.39 is 17.6 Å². The summed E-state index contributed by atoms with van der Waals surface area (Å²) >= 11 is 0. The van der Waals surface area contributed by atoms with Crippen LogP contribution in [0.3, 0.4) is 0 Å². The largest absolute Gasteiger partial charge is 0.508 e. The summed E-state index contributed by atoms with van der Waals surface area (Å²) in [7, 11) is 0. The third-order valence-electron chi connectivity index (χ3n) is 3.62. The van der Waals surface area contributed by atoms with Gasteiger partial charge in [-0.1, -0.05) is 42.2 Å². The molecular weight excluding hydrogens is 318 g/mol. The molecule has 0 aromatic heterocycles. The molecule has 0 unspecified atom stereocenters. The van der Waals surface area contributed by atoms with Gasteiger partial charge in [0, 0.05) is 12.1 Å². The summed E-state index contributed by atoms with van der Waals surface area (Å²) in [6.45, 7) is 1.55. The van der Waals surface area contributed by atoms with E-state index in [1.807, 2.05) is 30.3 Å². The first-order valence-electron chi connectivity index (χ1n) is 7.90.